The molecule has 2 rings (SSSR count). The summed E-state index contributed by atoms with van der Waals surface area (Å²) in [5.74, 6) is -0.727. The van der Waals surface area contributed by atoms with Crippen LogP contribution in [0.2, 0.25) is 0 Å². The molecule has 1 aromatic heterocycles. The third-order valence-electron chi connectivity index (χ3n) is 2.87. The number of aromatic carboxylic acids is 1. The molecule has 0 fully saturated rings. The van der Waals surface area contributed by atoms with Crippen LogP contribution < -0.4 is 4.72 Å². The molecule has 0 bridgehead atoms. The van der Waals surface area contributed by atoms with Crippen LogP contribution in [0.15, 0.2) is 40.8 Å². The third-order valence-corrected chi connectivity index (χ3v) is 4.16. The highest BCUT2D eigenvalue weighted by Crippen LogP contribution is 2.15. The van der Waals surface area contributed by atoms with Gasteiger partial charge in [0.15, 0.2) is 0 Å². The van der Waals surface area contributed by atoms with Crippen molar-refractivity contribution in [2.75, 3.05) is 0 Å². The number of benzene rings is 1. The van der Waals surface area contributed by atoms with Crippen LogP contribution in [0.3, 0.4) is 0 Å². The fourth-order valence-corrected chi connectivity index (χ4v) is 2.96. The van der Waals surface area contributed by atoms with Gasteiger partial charge in [0, 0.05) is 0 Å². The predicted octanol–water partition coefficient (Wildman–Crippen LogP) is 1.91. The van der Waals surface area contributed by atoms with E-state index in [4.69, 9.17) is 9.52 Å². The van der Waals surface area contributed by atoms with E-state index in [9.17, 15) is 13.2 Å². The number of furan rings is 1. The molecule has 0 aliphatic heterocycles. The Morgan fingerprint density at radius 1 is 1.29 bits per heavy atom. The molecule has 112 valence electrons. The Morgan fingerprint density at radius 2 is 1.95 bits per heavy atom. The Labute approximate surface area is 122 Å². The van der Waals surface area contributed by atoms with Crippen LogP contribution in [-0.4, -0.2) is 19.5 Å². The van der Waals surface area contributed by atoms with Gasteiger partial charge in [0.1, 0.15) is 17.1 Å². The van der Waals surface area contributed by atoms with Crippen molar-refractivity contribution in [1.29, 1.82) is 0 Å². The SMILES string of the molecule is Cc1oc(CNS(=O)(=O)Cc2ccccc2)cc1C(=O)O. The molecule has 0 unspecified atom stereocenters. The van der Waals surface area contributed by atoms with Crippen LogP contribution in [0.1, 0.15) is 27.4 Å². The van der Waals surface area contributed by atoms with E-state index in [2.05, 4.69) is 4.72 Å². The first kappa shape index (κ1) is 15.3. The van der Waals surface area contributed by atoms with Gasteiger partial charge in [0.05, 0.1) is 12.3 Å². The molecule has 0 amide bonds. The number of hydrogen-bond acceptors (Lipinski definition) is 4. The summed E-state index contributed by atoms with van der Waals surface area (Å²) in [5, 5.41) is 8.90. The topological polar surface area (TPSA) is 96.6 Å². The van der Waals surface area contributed by atoms with Crippen molar-refractivity contribution in [2.45, 2.75) is 19.2 Å². The lowest BCUT2D eigenvalue weighted by atomic mass is 10.2. The number of carboxylic acids is 1. The Morgan fingerprint density at radius 3 is 2.52 bits per heavy atom. The van der Waals surface area contributed by atoms with E-state index in [-0.39, 0.29) is 29.4 Å². The first-order chi connectivity index (χ1) is 9.87. The quantitative estimate of drug-likeness (QED) is 0.849. The Hall–Kier alpha value is -2.12. The molecule has 1 heterocycles. The van der Waals surface area contributed by atoms with Crippen molar-refractivity contribution in [3.05, 3.63) is 59.0 Å². The van der Waals surface area contributed by atoms with E-state index in [1.807, 2.05) is 6.07 Å². The van der Waals surface area contributed by atoms with Crippen LogP contribution in [-0.2, 0) is 22.3 Å². The van der Waals surface area contributed by atoms with Crippen molar-refractivity contribution >= 4 is 16.0 Å². The second-order valence-corrected chi connectivity index (χ2v) is 6.36. The summed E-state index contributed by atoms with van der Waals surface area (Å²) in [7, 11) is -3.51. The van der Waals surface area contributed by atoms with Gasteiger partial charge in [-0.15, -0.1) is 0 Å². The molecule has 0 saturated carbocycles. The van der Waals surface area contributed by atoms with E-state index < -0.39 is 16.0 Å². The van der Waals surface area contributed by atoms with E-state index in [0.717, 1.165) is 0 Å². The largest absolute Gasteiger partial charge is 0.478 e. The average molecular weight is 309 g/mol. The lowest BCUT2D eigenvalue weighted by molar-refractivity contribution is 0.0695. The van der Waals surface area contributed by atoms with Gasteiger partial charge >= 0.3 is 5.97 Å². The summed E-state index contributed by atoms with van der Waals surface area (Å²) in [5.41, 5.74) is 0.708. The molecule has 1 aromatic carbocycles. The van der Waals surface area contributed by atoms with Crippen molar-refractivity contribution in [3.63, 3.8) is 0 Å². The number of nitrogens with one attached hydrogen (secondary N) is 1. The Bertz CT molecular complexity index is 734. The van der Waals surface area contributed by atoms with Gasteiger partial charge in [-0.2, -0.15) is 0 Å². The van der Waals surface area contributed by atoms with Crippen molar-refractivity contribution < 1.29 is 22.7 Å². The second kappa shape index (κ2) is 6.11. The molecule has 0 spiro atoms. The minimum absolute atomic E-state index is 0.0345. The van der Waals surface area contributed by atoms with Gasteiger partial charge in [-0.05, 0) is 18.6 Å². The Balaban J connectivity index is 2.02. The highest BCUT2D eigenvalue weighted by molar-refractivity contribution is 7.88. The zero-order valence-corrected chi connectivity index (χ0v) is 12.2. The first-order valence-electron chi connectivity index (χ1n) is 6.21. The van der Waals surface area contributed by atoms with E-state index >= 15 is 0 Å². The second-order valence-electron chi connectivity index (χ2n) is 4.55. The van der Waals surface area contributed by atoms with Crippen LogP contribution in [0.4, 0.5) is 0 Å². The van der Waals surface area contributed by atoms with Crippen molar-refractivity contribution in [3.8, 4) is 0 Å². The third kappa shape index (κ3) is 4.17. The molecule has 21 heavy (non-hydrogen) atoms. The summed E-state index contributed by atoms with van der Waals surface area (Å²) in [6.07, 6.45) is 0. The molecule has 0 atom stereocenters. The first-order valence-corrected chi connectivity index (χ1v) is 7.86. The molecule has 2 N–H and O–H groups in total. The summed E-state index contributed by atoms with van der Waals surface area (Å²) < 4.78 is 31.5. The van der Waals surface area contributed by atoms with Gasteiger partial charge in [-0.25, -0.2) is 17.9 Å². The van der Waals surface area contributed by atoms with E-state index in [1.165, 1.54) is 13.0 Å². The molecular weight excluding hydrogens is 294 g/mol. The minimum atomic E-state index is -3.51. The number of carbonyl (C=O) groups is 1. The fourth-order valence-electron chi connectivity index (χ4n) is 1.87. The van der Waals surface area contributed by atoms with Crippen LogP contribution in [0.5, 0.6) is 0 Å². The molecule has 6 nitrogen and oxygen atoms in total. The molecule has 0 aliphatic carbocycles. The van der Waals surface area contributed by atoms with Crippen molar-refractivity contribution in [1.82, 2.24) is 4.72 Å². The maximum Gasteiger partial charge on any atom is 0.339 e. The lowest BCUT2D eigenvalue weighted by Crippen LogP contribution is -2.24. The average Bonchev–Trinajstić information content (AvgIpc) is 2.79. The molecular formula is C14H15NO5S. The Kier molecular flexibility index (Phi) is 4.44. The number of hydrogen-bond donors (Lipinski definition) is 2. The highest BCUT2D eigenvalue weighted by Gasteiger charge is 2.16. The molecule has 7 heteroatoms. The molecule has 2 aromatic rings. The number of aryl methyl sites for hydroxylation is 1. The normalized spacial score (nSPS) is 11.5. The molecule has 0 aliphatic rings. The van der Waals surface area contributed by atoms with Crippen LogP contribution >= 0.6 is 0 Å². The summed E-state index contributed by atoms with van der Waals surface area (Å²) in [6.45, 7) is 1.44. The van der Waals surface area contributed by atoms with Crippen LogP contribution in [0.25, 0.3) is 0 Å². The fraction of sp³-hybridized carbons (Fsp3) is 0.214. The van der Waals surface area contributed by atoms with Gasteiger partial charge in [-0.1, -0.05) is 30.3 Å². The van der Waals surface area contributed by atoms with Gasteiger partial charge < -0.3 is 9.52 Å². The monoisotopic (exact) mass is 309 g/mol. The number of rotatable bonds is 6. The highest BCUT2D eigenvalue weighted by atomic mass is 32.2. The number of sulfonamides is 1. The smallest absolute Gasteiger partial charge is 0.339 e. The van der Waals surface area contributed by atoms with E-state index in [0.29, 0.717) is 5.56 Å². The summed E-state index contributed by atoms with van der Waals surface area (Å²) >= 11 is 0. The van der Waals surface area contributed by atoms with Gasteiger partial charge in [-0.3, -0.25) is 0 Å². The number of carboxylic acid groups (broad SMARTS) is 1. The van der Waals surface area contributed by atoms with Crippen LogP contribution in [0, 0.1) is 6.92 Å². The lowest BCUT2D eigenvalue weighted by Gasteiger charge is -2.05. The zero-order valence-electron chi connectivity index (χ0n) is 11.4. The predicted molar refractivity (Wildman–Crippen MR) is 76.3 cm³/mol. The van der Waals surface area contributed by atoms with Gasteiger partial charge in [0.2, 0.25) is 10.0 Å². The maximum atomic E-state index is 11.9. The maximum absolute atomic E-state index is 11.9. The standard InChI is InChI=1S/C14H15NO5S/c1-10-13(14(16)17)7-12(20-10)8-15-21(18,19)9-11-5-3-2-4-6-11/h2-7,15H,8-9H2,1H3,(H,16,17). The summed E-state index contributed by atoms with van der Waals surface area (Å²) in [6, 6.07) is 10.1. The van der Waals surface area contributed by atoms with Gasteiger partial charge in [0.25, 0.3) is 0 Å². The zero-order chi connectivity index (χ0) is 15.5. The van der Waals surface area contributed by atoms with Crippen molar-refractivity contribution in [2.24, 2.45) is 0 Å². The van der Waals surface area contributed by atoms with E-state index in [1.54, 1.807) is 24.3 Å². The molecule has 0 radical (unpaired) electrons. The summed E-state index contributed by atoms with van der Waals surface area (Å²) in [4.78, 5) is 10.9. The minimum Gasteiger partial charge on any atom is -0.478 e. The molecule has 0 saturated heterocycles.